The van der Waals surface area contributed by atoms with Gasteiger partial charge in [-0.1, -0.05) is 33.6 Å². The van der Waals surface area contributed by atoms with Crippen molar-refractivity contribution >= 4 is 44.6 Å². The Balaban J connectivity index is 0.000000409. The van der Waals surface area contributed by atoms with E-state index in [0.29, 0.717) is 0 Å². The highest BCUT2D eigenvalue weighted by atomic mass is 35.5. The Morgan fingerprint density at radius 2 is 1.79 bits per heavy atom. The van der Waals surface area contributed by atoms with E-state index in [1.165, 1.54) is 12.8 Å². The van der Waals surface area contributed by atoms with E-state index in [1.54, 1.807) is 11.3 Å². The summed E-state index contributed by atoms with van der Waals surface area (Å²) >= 11 is 7.70. The second-order valence-corrected chi connectivity index (χ2v) is 8.93. The maximum atomic E-state index is 6.07. The van der Waals surface area contributed by atoms with E-state index in [1.807, 2.05) is 25.3 Å². The number of aryl methyl sites for hydroxylation is 2. The normalized spacial score (nSPS) is 10.8. The molecule has 0 amide bonds. The first-order valence-corrected chi connectivity index (χ1v) is 11.0. The summed E-state index contributed by atoms with van der Waals surface area (Å²) in [4.78, 5) is 13.3. The SMILES string of the molecule is CC(C)=Nc1c(C)cc(-c2nc(Cl)nc3ccsc23)cc1C.CCCC(C)C. The molecular weight excluding hydrogens is 386 g/mol. The molecule has 0 spiro atoms. The second kappa shape index (κ2) is 10.1. The molecule has 1 aromatic carbocycles. The van der Waals surface area contributed by atoms with E-state index < -0.39 is 0 Å². The van der Waals surface area contributed by atoms with Crippen LogP contribution in [-0.4, -0.2) is 15.7 Å². The third kappa shape index (κ3) is 5.86. The third-order valence-electron chi connectivity index (χ3n) is 4.24. The summed E-state index contributed by atoms with van der Waals surface area (Å²) in [6, 6.07) is 6.20. The van der Waals surface area contributed by atoms with Gasteiger partial charge in [0.15, 0.2) is 0 Å². The number of thiophene rings is 1. The van der Waals surface area contributed by atoms with Crippen LogP contribution in [-0.2, 0) is 0 Å². The fourth-order valence-electron chi connectivity index (χ4n) is 3.10. The fraction of sp³-hybridized carbons (Fsp3) is 0.435. The van der Waals surface area contributed by atoms with Crippen LogP contribution in [0.4, 0.5) is 5.69 Å². The van der Waals surface area contributed by atoms with Gasteiger partial charge in [0, 0.05) is 11.3 Å². The van der Waals surface area contributed by atoms with Gasteiger partial charge in [-0.2, -0.15) is 0 Å². The molecule has 0 aliphatic heterocycles. The zero-order valence-corrected chi connectivity index (χ0v) is 19.5. The Labute approximate surface area is 177 Å². The zero-order chi connectivity index (χ0) is 20.8. The van der Waals surface area contributed by atoms with Crippen molar-refractivity contribution in [3.63, 3.8) is 0 Å². The minimum absolute atomic E-state index is 0.280. The van der Waals surface area contributed by atoms with Gasteiger partial charge in [-0.25, -0.2) is 9.97 Å². The van der Waals surface area contributed by atoms with Gasteiger partial charge in [-0.15, -0.1) is 11.3 Å². The van der Waals surface area contributed by atoms with Crippen molar-refractivity contribution in [3.05, 3.63) is 40.0 Å². The molecule has 0 fully saturated rings. The molecule has 2 aromatic heterocycles. The molecule has 5 heteroatoms. The van der Waals surface area contributed by atoms with Crippen molar-refractivity contribution in [2.45, 2.75) is 61.3 Å². The highest BCUT2D eigenvalue weighted by Gasteiger charge is 2.13. The van der Waals surface area contributed by atoms with Crippen molar-refractivity contribution in [1.29, 1.82) is 0 Å². The predicted octanol–water partition coefficient (Wildman–Crippen LogP) is 8.18. The fourth-order valence-corrected chi connectivity index (χ4v) is 4.12. The van der Waals surface area contributed by atoms with E-state index in [-0.39, 0.29) is 5.28 Å². The molecule has 3 aromatic rings. The van der Waals surface area contributed by atoms with Gasteiger partial charge in [0.2, 0.25) is 5.28 Å². The summed E-state index contributed by atoms with van der Waals surface area (Å²) in [5, 5.41) is 2.29. The number of nitrogens with zero attached hydrogens (tertiary/aromatic N) is 3. The molecule has 3 nitrogen and oxygen atoms in total. The van der Waals surface area contributed by atoms with Gasteiger partial charge in [0.05, 0.1) is 21.6 Å². The third-order valence-corrected chi connectivity index (χ3v) is 5.32. The Bertz CT molecular complexity index is 946. The largest absolute Gasteiger partial charge is 0.258 e. The Hall–Kier alpha value is -1.78. The van der Waals surface area contributed by atoms with E-state index >= 15 is 0 Å². The standard InChI is InChI=1S/C17H16ClN3S.C6H14/c1-9(2)19-14-10(3)7-12(8-11(14)4)15-16-13(5-6-22-16)20-17(18)21-15;1-4-5-6(2)3/h5-8H,1-4H3;6H,4-5H2,1-3H3. The molecule has 0 saturated heterocycles. The molecule has 0 unspecified atom stereocenters. The number of aliphatic imine (C=N–C) groups is 1. The number of hydrogen-bond donors (Lipinski definition) is 0. The molecule has 0 aliphatic rings. The second-order valence-electron chi connectivity index (χ2n) is 7.68. The summed E-state index contributed by atoms with van der Waals surface area (Å²) in [6.45, 7) is 14.9. The van der Waals surface area contributed by atoms with Gasteiger partial charge in [-0.3, -0.25) is 4.99 Å². The molecule has 0 saturated carbocycles. The van der Waals surface area contributed by atoms with Crippen LogP contribution in [0.15, 0.2) is 28.6 Å². The molecule has 0 bridgehead atoms. The zero-order valence-electron chi connectivity index (χ0n) is 17.9. The molecule has 0 N–H and O–H groups in total. The number of rotatable bonds is 4. The highest BCUT2D eigenvalue weighted by Crippen LogP contribution is 2.35. The van der Waals surface area contributed by atoms with Crippen molar-refractivity contribution in [2.75, 3.05) is 0 Å². The van der Waals surface area contributed by atoms with Crippen LogP contribution in [0.5, 0.6) is 0 Å². The molecule has 28 heavy (non-hydrogen) atoms. The average molecular weight is 416 g/mol. The van der Waals surface area contributed by atoms with Gasteiger partial charge in [0.1, 0.15) is 0 Å². The number of aromatic nitrogens is 2. The summed E-state index contributed by atoms with van der Waals surface area (Å²) < 4.78 is 1.06. The average Bonchev–Trinajstić information content (AvgIpc) is 3.05. The van der Waals surface area contributed by atoms with Crippen LogP contribution < -0.4 is 0 Å². The van der Waals surface area contributed by atoms with Crippen LogP contribution in [0, 0.1) is 19.8 Å². The van der Waals surface area contributed by atoms with Crippen molar-refractivity contribution in [3.8, 4) is 11.3 Å². The molecule has 2 heterocycles. The Morgan fingerprint density at radius 1 is 1.14 bits per heavy atom. The lowest BCUT2D eigenvalue weighted by Gasteiger charge is -2.10. The molecule has 0 atom stereocenters. The number of benzene rings is 1. The Morgan fingerprint density at radius 3 is 2.29 bits per heavy atom. The Kier molecular flexibility index (Phi) is 8.14. The highest BCUT2D eigenvalue weighted by molar-refractivity contribution is 7.17. The van der Waals surface area contributed by atoms with E-state index in [2.05, 4.69) is 61.7 Å². The van der Waals surface area contributed by atoms with Crippen LogP contribution in [0.1, 0.15) is 58.6 Å². The van der Waals surface area contributed by atoms with Crippen LogP contribution in [0.25, 0.3) is 21.5 Å². The van der Waals surface area contributed by atoms with Crippen LogP contribution in [0.3, 0.4) is 0 Å². The quantitative estimate of drug-likeness (QED) is 0.318. The predicted molar refractivity (Wildman–Crippen MR) is 126 cm³/mol. The van der Waals surface area contributed by atoms with E-state index in [4.69, 9.17) is 11.6 Å². The summed E-state index contributed by atoms with van der Waals surface area (Å²) in [7, 11) is 0. The number of fused-ring (bicyclic) bond motifs is 1. The van der Waals surface area contributed by atoms with E-state index in [0.717, 1.165) is 49.9 Å². The molecule has 0 radical (unpaired) electrons. The smallest absolute Gasteiger partial charge is 0.223 e. The van der Waals surface area contributed by atoms with Crippen molar-refractivity contribution in [1.82, 2.24) is 9.97 Å². The monoisotopic (exact) mass is 415 g/mol. The molecule has 150 valence electrons. The molecule has 3 rings (SSSR count). The van der Waals surface area contributed by atoms with Gasteiger partial charge in [0.25, 0.3) is 0 Å². The van der Waals surface area contributed by atoms with Gasteiger partial charge < -0.3 is 0 Å². The first-order valence-electron chi connectivity index (χ1n) is 9.77. The lowest BCUT2D eigenvalue weighted by molar-refractivity contribution is 0.576. The first-order chi connectivity index (χ1) is 13.2. The maximum Gasteiger partial charge on any atom is 0.223 e. The molecular formula is C23H30ClN3S. The van der Waals surface area contributed by atoms with Crippen LogP contribution in [0.2, 0.25) is 5.28 Å². The van der Waals surface area contributed by atoms with Gasteiger partial charge in [-0.05, 0) is 79.9 Å². The minimum atomic E-state index is 0.280. The van der Waals surface area contributed by atoms with Crippen LogP contribution >= 0.6 is 22.9 Å². The minimum Gasteiger partial charge on any atom is -0.258 e. The maximum absolute atomic E-state index is 6.07. The van der Waals surface area contributed by atoms with Crippen molar-refractivity contribution in [2.24, 2.45) is 10.9 Å². The topological polar surface area (TPSA) is 38.1 Å². The lowest BCUT2D eigenvalue weighted by Crippen LogP contribution is -1.92. The summed E-state index contributed by atoms with van der Waals surface area (Å²) in [5.74, 6) is 0.898. The molecule has 0 aliphatic carbocycles. The summed E-state index contributed by atoms with van der Waals surface area (Å²) in [6.07, 6.45) is 2.71. The number of halogens is 1. The first kappa shape index (κ1) is 22.5. The van der Waals surface area contributed by atoms with Gasteiger partial charge >= 0.3 is 0 Å². The van der Waals surface area contributed by atoms with Crippen molar-refractivity contribution < 1.29 is 0 Å². The lowest BCUT2D eigenvalue weighted by atomic mass is 10.0. The number of hydrogen-bond acceptors (Lipinski definition) is 4. The summed E-state index contributed by atoms with van der Waals surface area (Å²) in [5.41, 5.74) is 7.18. The van der Waals surface area contributed by atoms with E-state index in [9.17, 15) is 0 Å².